The van der Waals surface area contributed by atoms with E-state index >= 15 is 0 Å². The summed E-state index contributed by atoms with van der Waals surface area (Å²) in [6.45, 7) is 34.6. The van der Waals surface area contributed by atoms with E-state index in [-0.39, 0.29) is 170 Å². The number of aromatic nitrogens is 8. The molecule has 51 heteroatoms. The Bertz CT molecular complexity index is 5380. The first-order chi connectivity index (χ1) is 63.2. The molecule has 4 aromatic heterocycles. The van der Waals surface area contributed by atoms with Crippen LogP contribution >= 0.6 is 25.9 Å². The predicted molar refractivity (Wildman–Crippen MR) is 549 cm³/mol. The number of nitrogens with two attached hydrogens (primary N) is 1. The van der Waals surface area contributed by atoms with Crippen molar-refractivity contribution in [1.82, 2.24) is 75.5 Å². The number of aryl methyl sites for hydroxylation is 2. The first-order valence-electron chi connectivity index (χ1n) is 42.3. The van der Waals surface area contributed by atoms with Crippen molar-refractivity contribution in [2.24, 2.45) is 5.73 Å². The average molecular weight is 2380 g/mol. The number of carbonyl (C=O) groups excluding carboxylic acids is 8. The van der Waals surface area contributed by atoms with Crippen LogP contribution in [0.5, 0.6) is 0 Å². The Morgan fingerprint density at radius 3 is 1.13 bits per heavy atom. The zero-order valence-electron chi connectivity index (χ0n) is 81.7. The van der Waals surface area contributed by atoms with Gasteiger partial charge in [-0.25, -0.2) is 69.4 Å². The van der Waals surface area contributed by atoms with Gasteiger partial charge < -0.3 is 51.6 Å². The molecule has 1 radical (unpaired) electrons. The van der Waals surface area contributed by atoms with Crippen LogP contribution in [-0.2, 0) is 145 Å². The molecule has 8 N–H and O–H groups in total. The molecular formula is C87H125BClF8N16O14S10U. The Hall–Kier alpha value is -7.70. The number of carbonyl (C=O) groups is 10. The van der Waals surface area contributed by atoms with Crippen molar-refractivity contribution in [3.05, 3.63) is 130 Å². The van der Waals surface area contributed by atoms with Gasteiger partial charge in [-0.05, 0) is 199 Å². The Balaban J connectivity index is -0.000000804. The maximum Gasteiger partial charge on any atom is 0.411 e. The van der Waals surface area contributed by atoms with Crippen molar-refractivity contribution in [2.75, 3.05) is 26.2 Å². The molecule has 10 rings (SSSR count). The van der Waals surface area contributed by atoms with Gasteiger partial charge in [0.1, 0.15) is 113 Å². The maximum atomic E-state index is 14.4. The number of hydrogen-bond acceptors (Lipinski definition) is 26. The molecule has 138 heavy (non-hydrogen) atoms. The number of amides is 6. The number of Topliss-reactive ketones (excluding diaryl/α,β-unsaturated/α-hetero) is 2. The van der Waals surface area contributed by atoms with Crippen LogP contribution in [0.3, 0.4) is 0 Å². The minimum absolute atomic E-state index is 0. The van der Waals surface area contributed by atoms with Gasteiger partial charge >= 0.3 is 24.1 Å². The number of allylic oxidation sites excluding steroid dienone is 4. The molecule has 6 aromatic rings. The third-order valence-corrected chi connectivity index (χ3v) is 21.4. The molecule has 0 bridgehead atoms. The van der Waals surface area contributed by atoms with E-state index in [1.165, 1.54) is 54.8 Å². The van der Waals surface area contributed by atoms with Crippen molar-refractivity contribution < 1.29 is 134 Å². The van der Waals surface area contributed by atoms with Gasteiger partial charge in [0, 0.05) is 218 Å². The Kier molecular flexibility index (Phi) is 62.8. The topological polar surface area (TPSA) is 401 Å². The third-order valence-electron chi connectivity index (χ3n) is 19.1. The third kappa shape index (κ3) is 45.3. The number of ether oxygens (including phenoxy) is 2. The number of carboxylic acid groups (broad SMARTS) is 2. The Labute approximate surface area is 880 Å². The van der Waals surface area contributed by atoms with Crippen LogP contribution in [0, 0.1) is 45.0 Å². The van der Waals surface area contributed by atoms with Crippen molar-refractivity contribution in [3.8, 4) is 22.3 Å². The maximum absolute atomic E-state index is 14.4. The van der Waals surface area contributed by atoms with E-state index in [1.54, 1.807) is 168 Å². The molecule has 0 aliphatic carbocycles. The number of likely N-dealkylation sites (tertiary alicyclic amines) is 3. The zero-order chi connectivity index (χ0) is 105. The molecule has 4 fully saturated rings. The molecule has 4 aliphatic heterocycles. The largest absolute Gasteiger partial charge is 0.480 e. The van der Waals surface area contributed by atoms with E-state index in [1.807, 2.05) is 18.2 Å². The van der Waals surface area contributed by atoms with Crippen molar-refractivity contribution >= 4 is 209 Å². The Morgan fingerprint density at radius 2 is 0.848 bits per heavy atom. The molecule has 4 aliphatic rings. The quantitative estimate of drug-likeness (QED) is 0.0225. The van der Waals surface area contributed by atoms with Crippen LogP contribution in [0.25, 0.3) is 44.1 Å². The number of carboxylic acids is 2. The predicted octanol–water partition coefficient (Wildman–Crippen LogP) is 13.6. The minimum atomic E-state index is -1.39. The number of nitrogens with one attached hydrogen (secondary N) is 4. The van der Waals surface area contributed by atoms with Gasteiger partial charge in [-0.15, -0.1) is 12.4 Å². The summed E-state index contributed by atoms with van der Waals surface area (Å²) in [7, 11) is 3.76. The van der Waals surface area contributed by atoms with Crippen LogP contribution in [0.4, 0.5) is 44.7 Å². The number of fused-ring (bicyclic) bond motifs is 2. The van der Waals surface area contributed by atoms with Crippen LogP contribution in [0.1, 0.15) is 204 Å². The second-order valence-electron chi connectivity index (χ2n) is 33.6. The molecule has 2 aromatic carbocycles. The normalized spacial score (nSPS) is 17.7. The van der Waals surface area contributed by atoms with Crippen LogP contribution in [0.2, 0.25) is 0 Å². The molecule has 12 atom stereocenters. The fraction of sp³-hybridized carbons (Fsp3) is 0.540. The molecule has 0 spiro atoms. The molecule has 0 unspecified atom stereocenters. The van der Waals surface area contributed by atoms with Gasteiger partial charge in [0.25, 0.3) is 0 Å². The summed E-state index contributed by atoms with van der Waals surface area (Å²) in [6, 6.07) is 4.19. The van der Waals surface area contributed by atoms with Gasteiger partial charge in [0.05, 0.1) is 69.2 Å². The Morgan fingerprint density at radius 1 is 0.536 bits per heavy atom. The van der Waals surface area contributed by atoms with Gasteiger partial charge in [-0.3, -0.25) is 52.7 Å². The summed E-state index contributed by atoms with van der Waals surface area (Å²) >= 11 is 24.2. The molecule has 0 saturated carbocycles. The van der Waals surface area contributed by atoms with E-state index in [2.05, 4.69) is 119 Å². The first kappa shape index (κ1) is 132. The second kappa shape index (κ2) is 65.5. The summed E-state index contributed by atoms with van der Waals surface area (Å²) in [5.41, 5.74) is 10.6. The number of rotatable bonds is 19. The van der Waals surface area contributed by atoms with Crippen LogP contribution in [-0.4, -0.2) is 245 Å². The monoisotopic (exact) mass is 2380 g/mol. The summed E-state index contributed by atoms with van der Waals surface area (Å²) in [5, 5.41) is 37.8. The van der Waals surface area contributed by atoms with Crippen LogP contribution in [0.15, 0.2) is 107 Å². The first-order valence-corrected chi connectivity index (χ1v) is 49.1. The second-order valence-corrected chi connectivity index (χ2v) is 38.9. The minimum Gasteiger partial charge on any atom is -0.480 e. The summed E-state index contributed by atoms with van der Waals surface area (Å²) in [5.74, 6) is -4.96. The smallest absolute Gasteiger partial charge is 0.411 e. The van der Waals surface area contributed by atoms with E-state index in [0.29, 0.717) is 64.1 Å². The molecule has 4 saturated heterocycles. The van der Waals surface area contributed by atoms with Gasteiger partial charge in [-0.2, -0.15) is 23.7 Å². The number of ketones is 2. The number of benzene rings is 2. The number of nitrogens with zero attached hydrogens (tertiary/aromatic N) is 11. The summed E-state index contributed by atoms with van der Waals surface area (Å²) < 4.78 is 132. The summed E-state index contributed by atoms with van der Waals surface area (Å²) in [4.78, 5) is 140. The number of hydrogen-bond donors (Lipinski definition) is 7. The SMILES string of the molecule is C.CC(=O)c1nn(CC(=O)N2C[C@H](F)C[C@H]2C(=O)N[C@H](C)C(F)=C(C)C)c2ccc(-c3cnc(C)nc3)cc12.CC(=O)c1nn(CC(=O)O)c2ccc(-c3cnc(C)nc3)cc12.CC(C)(C)OC(=O)N1C[C@H](F)C[C@H]1C(=O)O.CC(C)=C(F)[C@@H](C)N.CC(C)=C(F)[C@@H](C)NC(=O)[C@@H]1C[C@@H](F)CN1.CC(C)=C(F)[C@@H](C)NC(=O)[C@@H]1C[C@@H](F)CN1C(=O)OC(C)(C)C.Cl.S.S=S.S=S=S.S=S=S=S.[3H][B][3H].[U]. The standard InChI is InChI=1S/C27H30F2N6O3.C16H26F2N2O3.C16H14N4O3.C11H18F2N2O.C10H16FNO4.C6H12FN.CH4.BH2.ClH.S4.S3.S2.H2S.U/c1-14(2)25(29)15(3)32-27(38)23-9-20(28)12-34(23)24(37)13-35-22-7-6-18(19-10-30-17(5)31-11-19)8-21(22)26(33-35)16(4)36;1-9(2)13(18)10(3)19-14(21)12-7-11(17)8-20(12)15(22)23-16(4,5)6;1-9(21)16-13-5-11(12-6-17-10(2)18-7-12)3-4-14(13)20(19-16)8-15(22)23;1-6(2)10(13)7(3)15-11(16)9-4-8(12)5-14-9;1-10(2,3)16-9(15)12-5-6(11)4-7(12)8(13)14;1-4(2)6(7)5(3)8;;;;1-3-4-2;1-3-2;1-2;;/h6-8,10-11,15,20,23H,9,12-13H2,1-5H3,(H,32,38);10-12H,7-8H2,1-6H3,(H,19,21);3-7H,8H2,1-2H3,(H,22,23);7-9,14H,4-5H2,1-3H3,(H,15,16);6-7H,4-5H2,1-3H3,(H,13,14);5H,8H2,1-3H3;1H4;1H2;1H;;;;1H2;/t15-,20-,23+;10-,11-,12+;;7-,8-,9+;6-,7+;5-;;;;;;;;/m11.111......../s1/i;;;;;;;1T2;;;;;;. The number of aliphatic carboxylic acids is 2. The molecule has 8 heterocycles. The van der Waals surface area contributed by atoms with Crippen molar-refractivity contribution in [3.63, 3.8) is 0 Å². The van der Waals surface area contributed by atoms with Gasteiger partial charge in [-0.1, -0.05) is 19.6 Å². The molecule has 767 valence electrons. The van der Waals surface area contributed by atoms with E-state index in [4.69, 9.17) is 28.1 Å². The van der Waals surface area contributed by atoms with E-state index in [9.17, 15) is 83.1 Å². The van der Waals surface area contributed by atoms with Gasteiger partial charge in [0.15, 0.2) is 11.6 Å². The van der Waals surface area contributed by atoms with Crippen molar-refractivity contribution in [2.45, 2.75) is 283 Å². The zero-order valence-corrected chi connectivity index (χ0v) is 93.1. The van der Waals surface area contributed by atoms with Crippen LogP contribution < -0.4 is 27.0 Å². The summed E-state index contributed by atoms with van der Waals surface area (Å²) in [6.07, 6.45) is -0.0266. The van der Waals surface area contributed by atoms with Gasteiger partial charge in [0.2, 0.25) is 23.6 Å². The molecule has 30 nitrogen and oxygen atoms in total. The molecule has 6 amide bonds. The van der Waals surface area contributed by atoms with Crippen molar-refractivity contribution in [1.29, 1.82) is 2.67 Å². The fourth-order valence-corrected chi connectivity index (χ4v) is 13.1. The fourth-order valence-electron chi connectivity index (χ4n) is 13.1. The van der Waals surface area contributed by atoms with E-state index in [0.717, 1.165) is 45.8 Å². The average Bonchev–Trinajstić information content (AvgIpc) is 1.62. The molecular weight excluding hydrogens is 2250 g/mol. The van der Waals surface area contributed by atoms with E-state index < -0.39 is 138 Å². The number of alkyl halides is 4. The number of halogens is 9.